The van der Waals surface area contributed by atoms with Crippen molar-refractivity contribution in [2.24, 2.45) is 5.92 Å². The number of piperidine rings is 1. The van der Waals surface area contributed by atoms with Crippen molar-refractivity contribution in [1.82, 2.24) is 4.90 Å². The van der Waals surface area contributed by atoms with E-state index < -0.39 is 11.9 Å². The van der Waals surface area contributed by atoms with Crippen LogP contribution in [0.4, 0.5) is 5.69 Å². The quantitative estimate of drug-likeness (QED) is 0.451. The van der Waals surface area contributed by atoms with E-state index in [0.29, 0.717) is 53.0 Å². The zero-order chi connectivity index (χ0) is 23.9. The molecule has 0 spiro atoms. The number of benzene rings is 2. The van der Waals surface area contributed by atoms with Gasteiger partial charge in [-0.05, 0) is 60.7 Å². The molecule has 1 aliphatic heterocycles. The Morgan fingerprint density at radius 3 is 2.41 bits per heavy atom. The minimum Gasteiger partial charge on any atom is -0.456 e. The molecule has 2 amide bonds. The predicted molar refractivity (Wildman–Crippen MR) is 131 cm³/mol. The number of anilines is 1. The van der Waals surface area contributed by atoms with Gasteiger partial charge in [0.25, 0.3) is 11.8 Å². The number of hydrogen-bond acceptors (Lipinski definition) is 6. The number of thiophene rings is 1. The van der Waals surface area contributed by atoms with Crippen LogP contribution in [-0.4, -0.2) is 42.4 Å². The lowest BCUT2D eigenvalue weighted by Crippen LogP contribution is -2.40. The van der Waals surface area contributed by atoms with Gasteiger partial charge in [0.05, 0.1) is 15.8 Å². The molecule has 0 unspecified atom stereocenters. The Hall–Kier alpha value is -3.36. The fourth-order valence-electron chi connectivity index (χ4n) is 3.59. The van der Waals surface area contributed by atoms with E-state index in [1.165, 1.54) is 11.3 Å². The summed E-state index contributed by atoms with van der Waals surface area (Å²) in [7, 11) is 0. The van der Waals surface area contributed by atoms with Gasteiger partial charge in [0, 0.05) is 18.8 Å². The summed E-state index contributed by atoms with van der Waals surface area (Å²) in [5.41, 5.74) is 0.549. The highest BCUT2D eigenvalue weighted by molar-refractivity contribution is 7.12. The number of halogens is 1. The molecule has 7 nitrogen and oxygen atoms in total. The van der Waals surface area contributed by atoms with Gasteiger partial charge in [0.15, 0.2) is 6.61 Å². The largest absolute Gasteiger partial charge is 0.456 e. The van der Waals surface area contributed by atoms with Gasteiger partial charge in [-0.15, -0.1) is 11.3 Å². The molecule has 1 N–H and O–H groups in total. The van der Waals surface area contributed by atoms with Crippen molar-refractivity contribution < 1.29 is 23.9 Å². The Morgan fingerprint density at radius 1 is 1.00 bits per heavy atom. The van der Waals surface area contributed by atoms with Gasteiger partial charge in [-0.2, -0.15) is 0 Å². The second-order valence-electron chi connectivity index (χ2n) is 7.76. The molecular formula is C25H23ClN2O5S. The number of esters is 1. The highest BCUT2D eigenvalue weighted by Crippen LogP contribution is 2.29. The molecular weight excluding hydrogens is 476 g/mol. The van der Waals surface area contributed by atoms with E-state index in [0.717, 1.165) is 0 Å². The maximum Gasteiger partial charge on any atom is 0.309 e. The van der Waals surface area contributed by atoms with Gasteiger partial charge >= 0.3 is 5.97 Å². The Kier molecular flexibility index (Phi) is 7.82. The zero-order valence-electron chi connectivity index (χ0n) is 18.2. The second kappa shape index (κ2) is 11.2. The lowest BCUT2D eigenvalue weighted by atomic mass is 9.97. The van der Waals surface area contributed by atoms with Crippen LogP contribution >= 0.6 is 22.9 Å². The van der Waals surface area contributed by atoms with E-state index in [1.54, 1.807) is 47.4 Å². The van der Waals surface area contributed by atoms with E-state index in [4.69, 9.17) is 21.1 Å². The minimum atomic E-state index is -0.432. The second-order valence-corrected chi connectivity index (χ2v) is 9.11. The summed E-state index contributed by atoms with van der Waals surface area (Å²) in [6, 6.07) is 17.6. The SMILES string of the molecule is O=C(COC(=O)C1CCN(C(=O)c2cccs2)CC1)Nc1ccc(Oc2ccccc2Cl)cc1. The van der Waals surface area contributed by atoms with Crippen LogP contribution < -0.4 is 10.1 Å². The summed E-state index contributed by atoms with van der Waals surface area (Å²) in [5.74, 6) is -0.0674. The average molecular weight is 499 g/mol. The standard InChI is InChI=1S/C25H23ClN2O5S/c26-20-4-1-2-5-21(20)33-19-9-7-18(8-10-19)27-23(29)16-32-25(31)17-11-13-28(14-12-17)24(30)22-6-3-15-34-22/h1-10,15,17H,11-14,16H2,(H,27,29). The van der Waals surface area contributed by atoms with Crippen LogP contribution in [0.3, 0.4) is 0 Å². The van der Waals surface area contributed by atoms with Crippen molar-refractivity contribution >= 4 is 46.4 Å². The Balaban J connectivity index is 1.19. The smallest absolute Gasteiger partial charge is 0.309 e. The molecule has 1 saturated heterocycles. The number of nitrogens with zero attached hydrogens (tertiary/aromatic N) is 1. The molecule has 0 bridgehead atoms. The molecule has 176 valence electrons. The average Bonchev–Trinajstić information content (AvgIpc) is 3.40. The van der Waals surface area contributed by atoms with E-state index in [1.807, 2.05) is 23.6 Å². The molecule has 1 fully saturated rings. The van der Waals surface area contributed by atoms with Crippen LogP contribution in [0.1, 0.15) is 22.5 Å². The molecule has 1 aliphatic rings. The summed E-state index contributed by atoms with van der Waals surface area (Å²) in [6.45, 7) is 0.613. The van der Waals surface area contributed by atoms with Crippen LogP contribution in [0.5, 0.6) is 11.5 Å². The number of para-hydroxylation sites is 1. The van der Waals surface area contributed by atoms with Gasteiger partial charge in [-0.3, -0.25) is 14.4 Å². The van der Waals surface area contributed by atoms with Crippen LogP contribution in [0.25, 0.3) is 0 Å². The summed E-state index contributed by atoms with van der Waals surface area (Å²) in [4.78, 5) is 39.4. The third-order valence-electron chi connectivity index (χ3n) is 5.40. The van der Waals surface area contributed by atoms with Crippen molar-refractivity contribution in [2.75, 3.05) is 25.0 Å². The number of nitrogens with one attached hydrogen (secondary N) is 1. The Labute approximate surface area is 206 Å². The molecule has 0 aliphatic carbocycles. The molecule has 9 heteroatoms. The molecule has 0 radical (unpaired) electrons. The first-order chi connectivity index (χ1) is 16.5. The Bertz CT molecular complexity index is 1140. The summed E-state index contributed by atoms with van der Waals surface area (Å²) in [5, 5.41) is 5.06. The number of likely N-dealkylation sites (tertiary alicyclic amines) is 1. The van der Waals surface area contributed by atoms with E-state index >= 15 is 0 Å². The van der Waals surface area contributed by atoms with Crippen LogP contribution in [0.15, 0.2) is 66.0 Å². The van der Waals surface area contributed by atoms with Gasteiger partial charge < -0.3 is 19.7 Å². The topological polar surface area (TPSA) is 84.9 Å². The normalized spacial score (nSPS) is 13.9. The first-order valence-electron chi connectivity index (χ1n) is 10.8. The zero-order valence-corrected chi connectivity index (χ0v) is 19.8. The number of hydrogen-bond donors (Lipinski definition) is 1. The molecule has 0 saturated carbocycles. The summed E-state index contributed by atoms with van der Waals surface area (Å²) in [6.07, 6.45) is 1.04. The fraction of sp³-hybridized carbons (Fsp3) is 0.240. The third-order valence-corrected chi connectivity index (χ3v) is 6.57. The van der Waals surface area contributed by atoms with Crippen LogP contribution in [0.2, 0.25) is 5.02 Å². The molecule has 2 heterocycles. The fourth-order valence-corrected chi connectivity index (χ4v) is 4.45. The number of ether oxygens (including phenoxy) is 2. The molecule has 0 atom stereocenters. The maximum atomic E-state index is 12.4. The van der Waals surface area contributed by atoms with Gasteiger partial charge in [0.2, 0.25) is 0 Å². The highest BCUT2D eigenvalue weighted by atomic mass is 35.5. The van der Waals surface area contributed by atoms with Crippen molar-refractivity contribution in [1.29, 1.82) is 0 Å². The molecule has 2 aromatic carbocycles. The first-order valence-corrected chi connectivity index (χ1v) is 12.1. The number of carbonyl (C=O) groups excluding carboxylic acids is 3. The number of carbonyl (C=O) groups is 3. The molecule has 4 rings (SSSR count). The van der Waals surface area contributed by atoms with E-state index in [9.17, 15) is 14.4 Å². The van der Waals surface area contributed by atoms with E-state index in [-0.39, 0.29) is 18.4 Å². The van der Waals surface area contributed by atoms with Gasteiger partial charge in [-0.25, -0.2) is 0 Å². The Morgan fingerprint density at radius 2 is 1.74 bits per heavy atom. The van der Waals surface area contributed by atoms with E-state index in [2.05, 4.69) is 5.32 Å². The van der Waals surface area contributed by atoms with Crippen molar-refractivity contribution in [3.8, 4) is 11.5 Å². The van der Waals surface area contributed by atoms with Crippen LogP contribution in [-0.2, 0) is 14.3 Å². The monoisotopic (exact) mass is 498 g/mol. The van der Waals surface area contributed by atoms with Gasteiger partial charge in [0.1, 0.15) is 11.5 Å². The lowest BCUT2D eigenvalue weighted by Gasteiger charge is -2.30. The van der Waals surface area contributed by atoms with Crippen LogP contribution in [0, 0.1) is 5.92 Å². The minimum absolute atomic E-state index is 0.00974. The molecule has 1 aromatic heterocycles. The first kappa shape index (κ1) is 23.8. The molecule has 34 heavy (non-hydrogen) atoms. The highest BCUT2D eigenvalue weighted by Gasteiger charge is 2.29. The van der Waals surface area contributed by atoms with Crippen molar-refractivity contribution in [3.63, 3.8) is 0 Å². The maximum absolute atomic E-state index is 12.4. The van der Waals surface area contributed by atoms with Crippen molar-refractivity contribution in [3.05, 3.63) is 75.9 Å². The van der Waals surface area contributed by atoms with Gasteiger partial charge in [-0.1, -0.05) is 29.8 Å². The number of amides is 2. The lowest BCUT2D eigenvalue weighted by molar-refractivity contribution is -0.152. The third kappa shape index (κ3) is 6.15. The summed E-state index contributed by atoms with van der Waals surface area (Å²) >= 11 is 7.50. The predicted octanol–water partition coefficient (Wildman–Crippen LogP) is 5.23. The van der Waals surface area contributed by atoms with Crippen molar-refractivity contribution in [2.45, 2.75) is 12.8 Å². The number of rotatable bonds is 7. The summed E-state index contributed by atoms with van der Waals surface area (Å²) < 4.78 is 10.9. The molecule has 3 aromatic rings.